The lowest BCUT2D eigenvalue weighted by atomic mass is 10.1. The van der Waals surface area contributed by atoms with E-state index < -0.39 is 0 Å². The van der Waals surface area contributed by atoms with Crippen LogP contribution in [0.2, 0.25) is 0 Å². The van der Waals surface area contributed by atoms with Crippen LogP contribution in [0, 0.1) is 0 Å². The number of hydrogen-bond acceptors (Lipinski definition) is 3. The molecular formula is C14H30N2O. The molecule has 17 heavy (non-hydrogen) atoms. The molecule has 0 radical (unpaired) electrons. The van der Waals surface area contributed by atoms with Crippen LogP contribution in [0.5, 0.6) is 0 Å². The average Bonchev–Trinajstić information content (AvgIpc) is 2.59. The van der Waals surface area contributed by atoms with Crippen LogP contribution in [0.3, 0.4) is 0 Å². The summed E-state index contributed by atoms with van der Waals surface area (Å²) in [6.45, 7) is 8.20. The first kappa shape index (κ1) is 14.9. The lowest BCUT2D eigenvalue weighted by Gasteiger charge is -2.30. The molecule has 0 aliphatic carbocycles. The Hall–Kier alpha value is -0.120. The van der Waals surface area contributed by atoms with E-state index in [-0.39, 0.29) is 6.10 Å². The van der Waals surface area contributed by atoms with Gasteiger partial charge in [0.15, 0.2) is 0 Å². The van der Waals surface area contributed by atoms with E-state index in [1.807, 2.05) is 6.92 Å². The van der Waals surface area contributed by atoms with E-state index in [0.717, 1.165) is 25.6 Å². The van der Waals surface area contributed by atoms with E-state index in [9.17, 15) is 0 Å². The van der Waals surface area contributed by atoms with Crippen LogP contribution in [0.15, 0.2) is 0 Å². The second kappa shape index (κ2) is 8.90. The van der Waals surface area contributed by atoms with E-state index in [1.54, 1.807) is 0 Å². The van der Waals surface area contributed by atoms with Crippen LogP contribution < -0.4 is 5.73 Å². The van der Waals surface area contributed by atoms with Crippen LogP contribution in [-0.4, -0.2) is 43.3 Å². The van der Waals surface area contributed by atoms with Crippen molar-refractivity contribution < 1.29 is 4.74 Å². The number of rotatable bonds is 7. The summed E-state index contributed by atoms with van der Waals surface area (Å²) >= 11 is 0. The number of likely N-dealkylation sites (tertiary alicyclic amines) is 1. The highest BCUT2D eigenvalue weighted by molar-refractivity contribution is 4.75. The van der Waals surface area contributed by atoms with Gasteiger partial charge in [0.1, 0.15) is 0 Å². The van der Waals surface area contributed by atoms with Crippen molar-refractivity contribution in [1.82, 2.24) is 4.90 Å². The molecule has 0 amide bonds. The summed E-state index contributed by atoms with van der Waals surface area (Å²) < 4.78 is 5.63. The molecule has 0 spiro atoms. The van der Waals surface area contributed by atoms with Crippen molar-refractivity contribution in [3.63, 3.8) is 0 Å². The molecule has 2 atom stereocenters. The van der Waals surface area contributed by atoms with E-state index in [0.29, 0.717) is 6.54 Å². The largest absolute Gasteiger partial charge is 0.377 e. The molecule has 0 aromatic heterocycles. The van der Waals surface area contributed by atoms with Gasteiger partial charge in [0, 0.05) is 25.7 Å². The van der Waals surface area contributed by atoms with E-state index in [2.05, 4.69) is 11.8 Å². The van der Waals surface area contributed by atoms with Crippen molar-refractivity contribution in [2.45, 2.75) is 64.5 Å². The van der Waals surface area contributed by atoms with Gasteiger partial charge in [0.25, 0.3) is 0 Å². The molecule has 1 fully saturated rings. The molecule has 0 aromatic rings. The Morgan fingerprint density at radius 3 is 2.76 bits per heavy atom. The zero-order valence-corrected chi connectivity index (χ0v) is 11.7. The fraction of sp³-hybridized carbons (Fsp3) is 1.00. The van der Waals surface area contributed by atoms with Crippen LogP contribution >= 0.6 is 0 Å². The molecule has 0 aromatic carbocycles. The predicted octanol–water partition coefficient (Wildman–Crippen LogP) is 2.39. The van der Waals surface area contributed by atoms with Gasteiger partial charge in [-0.15, -0.1) is 0 Å². The number of nitrogens with zero attached hydrogens (tertiary/aromatic N) is 1. The Kier molecular flexibility index (Phi) is 7.82. The predicted molar refractivity (Wildman–Crippen MR) is 73.2 cm³/mol. The molecule has 2 unspecified atom stereocenters. The second-order valence-electron chi connectivity index (χ2n) is 5.05. The molecule has 1 rings (SSSR count). The normalized spacial score (nSPS) is 24.5. The first-order valence-corrected chi connectivity index (χ1v) is 7.37. The molecule has 1 heterocycles. The van der Waals surface area contributed by atoms with Crippen molar-refractivity contribution in [3.8, 4) is 0 Å². The fourth-order valence-electron chi connectivity index (χ4n) is 2.81. The van der Waals surface area contributed by atoms with E-state index in [4.69, 9.17) is 10.5 Å². The third-order valence-corrected chi connectivity index (χ3v) is 3.87. The van der Waals surface area contributed by atoms with Gasteiger partial charge >= 0.3 is 0 Å². The summed E-state index contributed by atoms with van der Waals surface area (Å²) in [6.07, 6.45) is 8.15. The molecule has 0 saturated carbocycles. The summed E-state index contributed by atoms with van der Waals surface area (Å²) in [6, 6.07) is 0.789. The molecule has 2 N–H and O–H groups in total. The van der Waals surface area contributed by atoms with Crippen molar-refractivity contribution in [2.75, 3.05) is 26.2 Å². The molecule has 0 bridgehead atoms. The second-order valence-corrected chi connectivity index (χ2v) is 5.05. The Morgan fingerprint density at radius 2 is 2.12 bits per heavy atom. The molecule has 1 aliphatic heterocycles. The van der Waals surface area contributed by atoms with Crippen LogP contribution in [-0.2, 0) is 4.74 Å². The van der Waals surface area contributed by atoms with Crippen molar-refractivity contribution in [3.05, 3.63) is 0 Å². The number of nitrogens with two attached hydrogens (primary N) is 1. The summed E-state index contributed by atoms with van der Waals surface area (Å²) in [5, 5.41) is 0. The third-order valence-electron chi connectivity index (χ3n) is 3.87. The van der Waals surface area contributed by atoms with Crippen LogP contribution in [0.1, 0.15) is 52.4 Å². The van der Waals surface area contributed by atoms with Gasteiger partial charge in [-0.3, -0.25) is 0 Å². The topological polar surface area (TPSA) is 38.5 Å². The minimum absolute atomic E-state index is 0.251. The summed E-state index contributed by atoms with van der Waals surface area (Å²) in [5.74, 6) is 0. The van der Waals surface area contributed by atoms with Crippen LogP contribution in [0.25, 0.3) is 0 Å². The summed E-state index contributed by atoms with van der Waals surface area (Å²) in [4.78, 5) is 2.66. The fourth-order valence-corrected chi connectivity index (χ4v) is 2.81. The maximum atomic E-state index is 5.73. The van der Waals surface area contributed by atoms with Gasteiger partial charge in [-0.2, -0.15) is 0 Å². The molecule has 102 valence electrons. The van der Waals surface area contributed by atoms with Gasteiger partial charge in [-0.25, -0.2) is 0 Å². The molecule has 1 aliphatic rings. The lowest BCUT2D eigenvalue weighted by Crippen LogP contribution is -2.38. The maximum Gasteiger partial charge on any atom is 0.0709 e. The average molecular weight is 242 g/mol. The third kappa shape index (κ3) is 5.36. The van der Waals surface area contributed by atoms with E-state index >= 15 is 0 Å². The number of hydrogen-bond donors (Lipinski definition) is 1. The monoisotopic (exact) mass is 242 g/mol. The van der Waals surface area contributed by atoms with Gasteiger partial charge in [-0.1, -0.05) is 19.8 Å². The molecule has 1 saturated heterocycles. The molecule has 3 nitrogen and oxygen atoms in total. The van der Waals surface area contributed by atoms with Gasteiger partial charge in [0.05, 0.1) is 6.10 Å². The zero-order chi connectivity index (χ0) is 12.5. The minimum Gasteiger partial charge on any atom is -0.377 e. The Bertz CT molecular complexity index is 187. The maximum absolute atomic E-state index is 5.73. The van der Waals surface area contributed by atoms with Gasteiger partial charge in [-0.05, 0) is 39.2 Å². The zero-order valence-electron chi connectivity index (χ0n) is 11.7. The van der Waals surface area contributed by atoms with Crippen molar-refractivity contribution in [2.24, 2.45) is 5.73 Å². The van der Waals surface area contributed by atoms with E-state index in [1.165, 1.54) is 38.6 Å². The first-order valence-electron chi connectivity index (χ1n) is 7.37. The minimum atomic E-state index is 0.251. The van der Waals surface area contributed by atoms with Crippen molar-refractivity contribution in [1.29, 1.82) is 0 Å². The quantitative estimate of drug-likeness (QED) is 0.745. The van der Waals surface area contributed by atoms with Crippen LogP contribution in [0.4, 0.5) is 0 Å². The van der Waals surface area contributed by atoms with Gasteiger partial charge < -0.3 is 15.4 Å². The standard InChI is InChI=1S/C14H30N2O/c1-3-13-8-6-5-7-10-16(13)11-9-14(12-15)17-4-2/h13-14H,3-12,15H2,1-2H3. The Labute approximate surface area is 107 Å². The summed E-state index contributed by atoms with van der Waals surface area (Å²) in [5.41, 5.74) is 5.73. The Balaban J connectivity index is 2.35. The van der Waals surface area contributed by atoms with Gasteiger partial charge in [0.2, 0.25) is 0 Å². The highest BCUT2D eigenvalue weighted by Crippen LogP contribution is 2.19. The smallest absolute Gasteiger partial charge is 0.0709 e. The summed E-state index contributed by atoms with van der Waals surface area (Å²) in [7, 11) is 0. The SMILES string of the molecule is CCOC(CN)CCN1CCCCCC1CC. The molecular weight excluding hydrogens is 212 g/mol. The number of ether oxygens (including phenoxy) is 1. The molecule has 3 heteroatoms. The first-order chi connectivity index (χ1) is 8.31. The highest BCUT2D eigenvalue weighted by atomic mass is 16.5. The Morgan fingerprint density at radius 1 is 1.29 bits per heavy atom. The highest BCUT2D eigenvalue weighted by Gasteiger charge is 2.20. The lowest BCUT2D eigenvalue weighted by molar-refractivity contribution is 0.0495. The van der Waals surface area contributed by atoms with Crippen molar-refractivity contribution >= 4 is 0 Å².